The zero-order valence-corrected chi connectivity index (χ0v) is 10.6. The molecule has 0 aliphatic rings. The van der Waals surface area contributed by atoms with Crippen LogP contribution in [0.4, 0.5) is 20.3 Å². The standard InChI is InChI=1S/C13H11F2N3O2/c1-8-12(18(19)20)4-5-13(17-8)16-7-9-2-3-10(14)6-11(9)15/h2-6H,7H2,1H3,(H,16,17). The van der Waals surface area contributed by atoms with E-state index in [1.165, 1.54) is 25.1 Å². The van der Waals surface area contributed by atoms with Crippen LogP contribution in [-0.4, -0.2) is 9.91 Å². The molecule has 2 aromatic rings. The number of rotatable bonds is 4. The van der Waals surface area contributed by atoms with Gasteiger partial charge in [0, 0.05) is 24.2 Å². The minimum atomic E-state index is -0.656. The second-order valence-electron chi connectivity index (χ2n) is 4.15. The zero-order chi connectivity index (χ0) is 14.7. The molecular weight excluding hydrogens is 268 g/mol. The largest absolute Gasteiger partial charge is 0.366 e. The van der Waals surface area contributed by atoms with E-state index >= 15 is 0 Å². The lowest BCUT2D eigenvalue weighted by Crippen LogP contribution is -2.05. The first-order valence-electron chi connectivity index (χ1n) is 5.77. The molecule has 0 radical (unpaired) electrons. The lowest BCUT2D eigenvalue weighted by Gasteiger charge is -2.07. The fraction of sp³-hybridized carbons (Fsp3) is 0.154. The van der Waals surface area contributed by atoms with Gasteiger partial charge in [0.2, 0.25) is 0 Å². The lowest BCUT2D eigenvalue weighted by molar-refractivity contribution is -0.385. The molecule has 0 spiro atoms. The Balaban J connectivity index is 2.11. The topological polar surface area (TPSA) is 68.1 Å². The van der Waals surface area contributed by atoms with Crippen molar-refractivity contribution in [1.29, 1.82) is 0 Å². The van der Waals surface area contributed by atoms with Gasteiger partial charge in [-0.1, -0.05) is 6.07 Å². The number of hydrogen-bond donors (Lipinski definition) is 1. The van der Waals surface area contributed by atoms with Crippen molar-refractivity contribution in [3.8, 4) is 0 Å². The van der Waals surface area contributed by atoms with Gasteiger partial charge in [0.05, 0.1) is 4.92 Å². The number of nitro groups is 1. The van der Waals surface area contributed by atoms with Crippen LogP contribution in [0.5, 0.6) is 0 Å². The minimum Gasteiger partial charge on any atom is -0.366 e. The summed E-state index contributed by atoms with van der Waals surface area (Å²) in [5.74, 6) is -0.913. The lowest BCUT2D eigenvalue weighted by atomic mass is 10.2. The van der Waals surface area contributed by atoms with E-state index in [2.05, 4.69) is 10.3 Å². The molecule has 0 unspecified atom stereocenters. The summed E-state index contributed by atoms with van der Waals surface area (Å²) in [6, 6.07) is 6.05. The number of aromatic nitrogens is 1. The SMILES string of the molecule is Cc1nc(NCc2ccc(F)cc2F)ccc1[N+](=O)[O-]. The van der Waals surface area contributed by atoms with Gasteiger partial charge in [0.25, 0.3) is 5.69 Å². The maximum Gasteiger partial charge on any atom is 0.290 e. The summed E-state index contributed by atoms with van der Waals surface area (Å²) in [4.78, 5) is 14.1. The van der Waals surface area contributed by atoms with E-state index in [1.54, 1.807) is 0 Å². The number of hydrogen-bond acceptors (Lipinski definition) is 4. The van der Waals surface area contributed by atoms with Crippen molar-refractivity contribution in [2.45, 2.75) is 13.5 Å². The minimum absolute atomic E-state index is 0.0801. The van der Waals surface area contributed by atoms with Gasteiger partial charge < -0.3 is 5.32 Å². The summed E-state index contributed by atoms with van der Waals surface area (Å²) < 4.78 is 26.2. The predicted octanol–water partition coefficient (Wildman–Crippen LogP) is 3.19. The van der Waals surface area contributed by atoms with E-state index in [4.69, 9.17) is 0 Å². The van der Waals surface area contributed by atoms with Crippen LogP contribution in [-0.2, 0) is 6.54 Å². The fourth-order valence-corrected chi connectivity index (χ4v) is 1.70. The molecule has 0 atom stereocenters. The third-order valence-electron chi connectivity index (χ3n) is 2.73. The fourth-order valence-electron chi connectivity index (χ4n) is 1.70. The number of benzene rings is 1. The van der Waals surface area contributed by atoms with Crippen LogP contribution in [0, 0.1) is 28.7 Å². The Morgan fingerprint density at radius 2 is 2.05 bits per heavy atom. The van der Waals surface area contributed by atoms with Crippen LogP contribution in [0.1, 0.15) is 11.3 Å². The monoisotopic (exact) mass is 279 g/mol. The van der Waals surface area contributed by atoms with Crippen LogP contribution in [0.15, 0.2) is 30.3 Å². The van der Waals surface area contributed by atoms with E-state index in [0.29, 0.717) is 5.82 Å². The molecule has 7 heteroatoms. The highest BCUT2D eigenvalue weighted by Crippen LogP contribution is 2.18. The van der Waals surface area contributed by atoms with E-state index in [0.717, 1.165) is 12.1 Å². The maximum atomic E-state index is 13.4. The Labute approximate surface area is 113 Å². The molecule has 2 rings (SSSR count). The Kier molecular flexibility index (Phi) is 3.88. The predicted molar refractivity (Wildman–Crippen MR) is 69.3 cm³/mol. The number of aryl methyl sites for hydroxylation is 1. The van der Waals surface area contributed by atoms with Gasteiger partial charge in [0.1, 0.15) is 23.1 Å². The Bertz CT molecular complexity index is 662. The first-order valence-corrected chi connectivity index (χ1v) is 5.77. The van der Waals surface area contributed by atoms with E-state index in [9.17, 15) is 18.9 Å². The van der Waals surface area contributed by atoms with Gasteiger partial charge in [0.15, 0.2) is 0 Å². The summed E-state index contributed by atoms with van der Waals surface area (Å²) in [7, 11) is 0. The highest BCUT2D eigenvalue weighted by molar-refractivity contribution is 5.45. The van der Waals surface area contributed by atoms with Crippen molar-refractivity contribution in [3.63, 3.8) is 0 Å². The number of nitrogens with one attached hydrogen (secondary N) is 1. The molecule has 0 saturated heterocycles. The smallest absolute Gasteiger partial charge is 0.290 e. The average molecular weight is 279 g/mol. The number of halogens is 2. The van der Waals surface area contributed by atoms with Crippen molar-refractivity contribution in [1.82, 2.24) is 4.98 Å². The molecule has 0 amide bonds. The second kappa shape index (κ2) is 5.60. The molecule has 20 heavy (non-hydrogen) atoms. The first-order chi connectivity index (χ1) is 9.47. The number of nitrogens with zero attached hydrogens (tertiary/aromatic N) is 2. The summed E-state index contributed by atoms with van der Waals surface area (Å²) in [6.07, 6.45) is 0. The third-order valence-corrected chi connectivity index (χ3v) is 2.73. The van der Waals surface area contributed by atoms with Crippen LogP contribution in [0.3, 0.4) is 0 Å². The highest BCUT2D eigenvalue weighted by Gasteiger charge is 2.12. The molecule has 0 fully saturated rings. The van der Waals surface area contributed by atoms with E-state index in [-0.39, 0.29) is 23.5 Å². The Morgan fingerprint density at radius 1 is 1.30 bits per heavy atom. The van der Waals surface area contributed by atoms with E-state index < -0.39 is 16.6 Å². The molecule has 1 aromatic carbocycles. The van der Waals surface area contributed by atoms with Crippen molar-refractivity contribution in [3.05, 3.63) is 63.3 Å². The summed E-state index contributed by atoms with van der Waals surface area (Å²) >= 11 is 0. The van der Waals surface area contributed by atoms with Gasteiger partial charge in [-0.25, -0.2) is 13.8 Å². The molecule has 1 N–H and O–H groups in total. The van der Waals surface area contributed by atoms with Crippen molar-refractivity contribution in [2.75, 3.05) is 5.32 Å². The summed E-state index contributed by atoms with van der Waals surface area (Å²) in [5.41, 5.74) is 0.465. The number of pyridine rings is 1. The molecule has 0 aliphatic carbocycles. The summed E-state index contributed by atoms with van der Waals surface area (Å²) in [6.45, 7) is 1.62. The van der Waals surface area contributed by atoms with Crippen molar-refractivity contribution in [2.24, 2.45) is 0 Å². The second-order valence-corrected chi connectivity index (χ2v) is 4.15. The van der Waals surface area contributed by atoms with Gasteiger partial charge in [-0.3, -0.25) is 10.1 Å². The van der Waals surface area contributed by atoms with Crippen LogP contribution < -0.4 is 5.32 Å². The maximum absolute atomic E-state index is 13.4. The molecular formula is C13H11F2N3O2. The molecule has 1 aromatic heterocycles. The van der Waals surface area contributed by atoms with Gasteiger partial charge in [-0.05, 0) is 19.1 Å². The summed E-state index contributed by atoms with van der Waals surface area (Å²) in [5, 5.41) is 13.5. The normalized spacial score (nSPS) is 10.3. The Hall–Kier alpha value is -2.57. The first kappa shape index (κ1) is 13.9. The molecule has 1 heterocycles. The van der Waals surface area contributed by atoms with Crippen LogP contribution in [0.2, 0.25) is 0 Å². The quantitative estimate of drug-likeness (QED) is 0.689. The molecule has 5 nitrogen and oxygen atoms in total. The van der Waals surface area contributed by atoms with Crippen molar-refractivity contribution >= 4 is 11.5 Å². The number of anilines is 1. The molecule has 0 saturated carbocycles. The molecule has 104 valence electrons. The van der Waals surface area contributed by atoms with Gasteiger partial charge in [-0.2, -0.15) is 0 Å². The average Bonchev–Trinajstić information content (AvgIpc) is 2.37. The van der Waals surface area contributed by atoms with Gasteiger partial charge in [-0.15, -0.1) is 0 Å². The zero-order valence-electron chi connectivity index (χ0n) is 10.6. The van der Waals surface area contributed by atoms with Crippen molar-refractivity contribution < 1.29 is 13.7 Å². The molecule has 0 bridgehead atoms. The van der Waals surface area contributed by atoms with Crippen LogP contribution >= 0.6 is 0 Å². The highest BCUT2D eigenvalue weighted by atomic mass is 19.1. The van der Waals surface area contributed by atoms with E-state index in [1.807, 2.05) is 0 Å². The Morgan fingerprint density at radius 3 is 2.65 bits per heavy atom. The third kappa shape index (κ3) is 3.05. The molecule has 0 aliphatic heterocycles. The van der Waals surface area contributed by atoms with Crippen LogP contribution in [0.25, 0.3) is 0 Å². The van der Waals surface area contributed by atoms with Gasteiger partial charge >= 0.3 is 0 Å².